The number of pyridine rings is 1. The Morgan fingerprint density at radius 1 is 0.529 bits per heavy atom. The number of aromatic nitrogens is 3. The zero-order valence-electron chi connectivity index (χ0n) is 43.0. The second-order valence-corrected chi connectivity index (χ2v) is 22.9. The summed E-state index contributed by atoms with van der Waals surface area (Å²) in [6.45, 7) is 34.0. The molecule has 4 nitrogen and oxygen atoms in total. The molecular weight excluding hydrogens is 1010 g/mol. The Morgan fingerprint density at radius 2 is 1.10 bits per heavy atom. The van der Waals surface area contributed by atoms with E-state index >= 15 is 0 Å². The van der Waals surface area contributed by atoms with E-state index in [1.165, 1.54) is 22.3 Å². The molecule has 0 aliphatic carbocycles. The van der Waals surface area contributed by atoms with Gasteiger partial charge in [-0.1, -0.05) is 212 Å². The van der Waals surface area contributed by atoms with Gasteiger partial charge in [0.15, 0.2) is 0 Å². The van der Waals surface area contributed by atoms with E-state index in [1.54, 1.807) is 0 Å². The number of hydrogen-bond acceptors (Lipinski definition) is 3. The molecule has 8 aromatic rings. The van der Waals surface area contributed by atoms with Crippen molar-refractivity contribution < 1.29 is 26.2 Å². The van der Waals surface area contributed by atoms with Gasteiger partial charge < -0.3 is 5.11 Å². The smallest absolute Gasteiger partial charge is 0.148 e. The topological polar surface area (TPSA) is 50.9 Å². The van der Waals surface area contributed by atoms with Crippen LogP contribution in [0.3, 0.4) is 0 Å². The Hall–Kier alpha value is -5.57. The minimum absolute atomic E-state index is 0. The van der Waals surface area contributed by atoms with Crippen LogP contribution >= 0.6 is 0 Å². The first-order chi connectivity index (χ1) is 31.4. The molecule has 2 heterocycles. The fourth-order valence-corrected chi connectivity index (χ4v) is 9.41. The molecule has 1 N–H and O–H groups in total. The van der Waals surface area contributed by atoms with Gasteiger partial charge in [-0.15, -0.1) is 29.3 Å². The number of benzene rings is 6. The molecule has 0 unspecified atom stereocenters. The maximum Gasteiger partial charge on any atom is 0.148 e. The number of para-hydroxylation sites is 1. The number of phenolic OH excluding ortho intramolecular Hbond substituents is 1. The molecule has 0 amide bonds. The zero-order chi connectivity index (χ0) is 48.4. The molecule has 0 aliphatic rings. The Balaban J connectivity index is 0.00000684. The number of aromatic hydroxyl groups is 1. The fourth-order valence-electron chi connectivity index (χ4n) is 9.41. The predicted octanol–water partition coefficient (Wildman–Crippen LogP) is 17.1. The quantitative estimate of drug-likeness (QED) is 0.147. The van der Waals surface area contributed by atoms with Gasteiger partial charge in [0, 0.05) is 43.9 Å². The van der Waals surface area contributed by atoms with Crippen molar-refractivity contribution in [1.29, 1.82) is 0 Å². The Kier molecular flexibility index (Phi) is 13.9. The van der Waals surface area contributed by atoms with Crippen molar-refractivity contribution in [2.75, 3.05) is 0 Å². The molecule has 0 atom stereocenters. The van der Waals surface area contributed by atoms with Crippen molar-refractivity contribution in [3.8, 4) is 56.3 Å². The molecule has 354 valence electrons. The third-order valence-electron chi connectivity index (χ3n) is 13.7. The van der Waals surface area contributed by atoms with E-state index in [-0.39, 0.29) is 60.3 Å². The summed E-state index contributed by atoms with van der Waals surface area (Å²) in [5.74, 6) is 1.40. The molecule has 0 fully saturated rings. The third kappa shape index (κ3) is 9.69. The van der Waals surface area contributed by atoms with Crippen molar-refractivity contribution >= 4 is 11.0 Å². The summed E-state index contributed by atoms with van der Waals surface area (Å²) in [6.07, 6.45) is 1.91. The molecule has 0 radical (unpaired) electrons. The van der Waals surface area contributed by atoms with Gasteiger partial charge in [-0.05, 0) is 85.2 Å². The van der Waals surface area contributed by atoms with Gasteiger partial charge in [0.05, 0.1) is 22.3 Å². The van der Waals surface area contributed by atoms with Crippen molar-refractivity contribution in [3.05, 3.63) is 179 Å². The van der Waals surface area contributed by atoms with Gasteiger partial charge in [0.25, 0.3) is 0 Å². The summed E-state index contributed by atoms with van der Waals surface area (Å²) in [5, 5.41) is 12.7. The van der Waals surface area contributed by atoms with E-state index in [1.807, 2.05) is 6.20 Å². The molecule has 68 heavy (non-hydrogen) atoms. The van der Waals surface area contributed by atoms with Crippen LogP contribution in [-0.4, -0.2) is 19.6 Å². The predicted molar refractivity (Wildman–Crippen MR) is 284 cm³/mol. The largest absolute Gasteiger partial charge is 0.507 e. The number of rotatable bonds is 9. The van der Waals surface area contributed by atoms with E-state index in [9.17, 15) is 5.11 Å². The van der Waals surface area contributed by atoms with Gasteiger partial charge in [0.2, 0.25) is 0 Å². The maximum atomic E-state index is 12.7. The molecule has 0 saturated carbocycles. The second-order valence-electron chi connectivity index (χ2n) is 22.9. The summed E-state index contributed by atoms with van der Waals surface area (Å²) >= 11 is 0. The number of imidazole rings is 1. The van der Waals surface area contributed by atoms with E-state index in [4.69, 9.17) is 9.97 Å². The average Bonchev–Trinajstić information content (AvgIpc) is 3.67. The van der Waals surface area contributed by atoms with Gasteiger partial charge in [-0.3, -0.25) is 9.55 Å². The maximum absolute atomic E-state index is 12.7. The van der Waals surface area contributed by atoms with E-state index in [0.29, 0.717) is 0 Å². The van der Waals surface area contributed by atoms with Crippen molar-refractivity contribution in [3.63, 3.8) is 0 Å². The van der Waals surface area contributed by atoms with E-state index in [2.05, 4.69) is 242 Å². The standard InChI is InChI=1S/C63H70N3O.Pt/c1-39(2)50-35-46(60(5,6)7)36-51(40(3)4)57(50)66-55-28-22-27-49(56(55)65-59(66)52-37-47(61(8,9)10)38-53(58(52)67)62(11,12)13)43-31-44(33-48(32-43)63(14,15)45-25-20-17-21-26-45)54-34-42(29-30-64-54)41-23-18-16-19-24-41;/h16-30,32-40,67H,1-15H3;/q-1;. The summed E-state index contributed by atoms with van der Waals surface area (Å²) in [5.41, 5.74) is 16.9. The van der Waals surface area contributed by atoms with Gasteiger partial charge in [-0.25, -0.2) is 4.98 Å². The third-order valence-corrected chi connectivity index (χ3v) is 13.7. The Morgan fingerprint density at radius 3 is 1.68 bits per heavy atom. The van der Waals surface area contributed by atoms with Crippen LogP contribution in [0.25, 0.3) is 61.6 Å². The minimum Gasteiger partial charge on any atom is -0.507 e. The van der Waals surface area contributed by atoms with Crippen LogP contribution in [0, 0.1) is 6.07 Å². The van der Waals surface area contributed by atoms with Crippen molar-refractivity contribution in [1.82, 2.24) is 14.5 Å². The fraction of sp³-hybridized carbons (Fsp3) is 0.333. The monoisotopic (exact) mass is 1080 g/mol. The normalized spacial score (nSPS) is 12.5. The first-order valence-corrected chi connectivity index (χ1v) is 24.2. The van der Waals surface area contributed by atoms with Gasteiger partial charge >= 0.3 is 0 Å². The first kappa shape index (κ1) is 50.3. The van der Waals surface area contributed by atoms with Crippen LogP contribution < -0.4 is 0 Å². The van der Waals surface area contributed by atoms with E-state index < -0.39 is 0 Å². The molecule has 6 aromatic carbocycles. The molecular formula is C63H70N3OPt-. The van der Waals surface area contributed by atoms with Gasteiger partial charge in [0.1, 0.15) is 11.6 Å². The van der Waals surface area contributed by atoms with Crippen LogP contribution in [-0.2, 0) is 42.7 Å². The summed E-state index contributed by atoms with van der Waals surface area (Å²) < 4.78 is 2.38. The summed E-state index contributed by atoms with van der Waals surface area (Å²) in [7, 11) is 0. The molecule has 0 aliphatic heterocycles. The van der Waals surface area contributed by atoms with Crippen molar-refractivity contribution in [2.45, 2.75) is 137 Å². The number of phenols is 1. The SMILES string of the molecule is CC(C)c1cc(C(C)(C)C)cc(C(C)C)c1-n1c(-c2cc(C(C)(C)C)cc(C(C)(C)C)c2O)nc2c(-c3[c-]c(-c4cc(-c5ccccc5)ccn4)cc(C(C)(C)c4ccccc4)c3)cccc21.[Pt]. The second kappa shape index (κ2) is 18.7. The van der Waals surface area contributed by atoms with Gasteiger partial charge in [-0.2, -0.15) is 0 Å². The Labute approximate surface area is 421 Å². The van der Waals surface area contributed by atoms with Crippen molar-refractivity contribution in [2.24, 2.45) is 0 Å². The summed E-state index contributed by atoms with van der Waals surface area (Å²) in [4.78, 5) is 10.8. The number of hydrogen-bond donors (Lipinski definition) is 1. The average molecular weight is 1080 g/mol. The van der Waals surface area contributed by atoms with Crippen LogP contribution in [0.15, 0.2) is 134 Å². The van der Waals surface area contributed by atoms with Crippen LogP contribution in [0.1, 0.15) is 155 Å². The zero-order valence-corrected chi connectivity index (χ0v) is 45.2. The van der Waals surface area contributed by atoms with Crippen LogP contribution in [0.2, 0.25) is 0 Å². The number of nitrogens with zero attached hydrogens (tertiary/aromatic N) is 3. The van der Waals surface area contributed by atoms with E-state index in [0.717, 1.165) is 78.3 Å². The number of fused-ring (bicyclic) bond motifs is 1. The van der Waals surface area contributed by atoms with Crippen LogP contribution in [0.5, 0.6) is 5.75 Å². The molecule has 5 heteroatoms. The molecule has 0 spiro atoms. The van der Waals surface area contributed by atoms with Crippen LogP contribution in [0.4, 0.5) is 0 Å². The molecule has 8 rings (SSSR count). The Bertz CT molecular complexity index is 3070. The molecule has 2 aromatic heterocycles. The molecule has 0 bridgehead atoms. The first-order valence-electron chi connectivity index (χ1n) is 24.2. The molecule has 0 saturated heterocycles. The summed E-state index contributed by atoms with van der Waals surface area (Å²) in [6, 6.07) is 49.8. The minimum atomic E-state index is -0.356.